The molecular formula is C9H19NO4S. The molecule has 1 fully saturated rings. The summed E-state index contributed by atoms with van der Waals surface area (Å²) in [7, 11) is -1.24. The van der Waals surface area contributed by atoms with Gasteiger partial charge in [0.15, 0.2) is 9.84 Å². The first-order valence-electron chi connectivity index (χ1n) is 5.13. The highest BCUT2D eigenvalue weighted by molar-refractivity contribution is 7.91. The highest BCUT2D eigenvalue weighted by atomic mass is 32.2. The fourth-order valence-corrected chi connectivity index (χ4v) is 3.52. The average Bonchev–Trinajstić information content (AvgIpc) is 2.46. The van der Waals surface area contributed by atoms with Crippen LogP contribution in [-0.4, -0.2) is 57.4 Å². The molecule has 1 saturated heterocycles. The summed E-state index contributed by atoms with van der Waals surface area (Å²) in [4.78, 5) is 0. The molecule has 1 aliphatic rings. The van der Waals surface area contributed by atoms with Gasteiger partial charge in [0.25, 0.3) is 0 Å². The average molecular weight is 237 g/mol. The Morgan fingerprint density at radius 2 is 2.33 bits per heavy atom. The number of hydrogen-bond acceptors (Lipinski definition) is 5. The minimum absolute atomic E-state index is 0.0155. The molecule has 0 aliphatic carbocycles. The molecule has 0 bridgehead atoms. The Bertz CT molecular complexity index is 272. The van der Waals surface area contributed by atoms with Gasteiger partial charge in [0.05, 0.1) is 18.1 Å². The third kappa shape index (κ3) is 4.46. The number of rotatable bonds is 6. The molecule has 1 heterocycles. The number of sulfone groups is 1. The van der Waals surface area contributed by atoms with E-state index >= 15 is 0 Å². The Morgan fingerprint density at radius 3 is 2.80 bits per heavy atom. The minimum Gasteiger partial charge on any atom is -0.396 e. The topological polar surface area (TPSA) is 75.6 Å². The lowest BCUT2D eigenvalue weighted by molar-refractivity contribution is 0.144. The van der Waals surface area contributed by atoms with Crippen LogP contribution in [0.1, 0.15) is 12.8 Å². The Kier molecular flexibility index (Phi) is 4.98. The number of methoxy groups -OCH3 is 1. The second-order valence-electron chi connectivity index (χ2n) is 3.93. The van der Waals surface area contributed by atoms with Crippen LogP contribution < -0.4 is 5.32 Å². The van der Waals surface area contributed by atoms with E-state index in [2.05, 4.69) is 5.32 Å². The molecule has 0 saturated carbocycles. The summed E-state index contributed by atoms with van der Waals surface area (Å²) in [6.45, 7) is 0.581. The molecule has 0 aromatic carbocycles. The zero-order chi connectivity index (χ0) is 11.3. The first-order valence-corrected chi connectivity index (χ1v) is 6.96. The molecule has 0 amide bonds. The van der Waals surface area contributed by atoms with Crippen molar-refractivity contribution in [3.05, 3.63) is 0 Å². The van der Waals surface area contributed by atoms with Gasteiger partial charge in [-0.05, 0) is 12.8 Å². The summed E-state index contributed by atoms with van der Waals surface area (Å²) >= 11 is 0. The summed E-state index contributed by atoms with van der Waals surface area (Å²) in [5, 5.41) is 12.0. The smallest absolute Gasteiger partial charge is 0.151 e. The van der Waals surface area contributed by atoms with Gasteiger partial charge in [-0.3, -0.25) is 0 Å². The van der Waals surface area contributed by atoms with Crippen LogP contribution in [0, 0.1) is 0 Å². The first kappa shape index (κ1) is 12.9. The maximum absolute atomic E-state index is 11.2. The molecule has 0 spiro atoms. The second kappa shape index (κ2) is 5.79. The molecular weight excluding hydrogens is 218 g/mol. The monoisotopic (exact) mass is 237 g/mol. The predicted octanol–water partition coefficient (Wildman–Crippen LogP) is -0.839. The highest BCUT2D eigenvalue weighted by Crippen LogP contribution is 2.12. The maximum atomic E-state index is 11.2. The van der Waals surface area contributed by atoms with E-state index in [9.17, 15) is 8.42 Å². The van der Waals surface area contributed by atoms with Crippen LogP contribution >= 0.6 is 0 Å². The predicted molar refractivity (Wildman–Crippen MR) is 57.6 cm³/mol. The molecule has 90 valence electrons. The van der Waals surface area contributed by atoms with Crippen LogP contribution in [0.4, 0.5) is 0 Å². The molecule has 2 unspecified atom stereocenters. The Morgan fingerprint density at radius 1 is 1.60 bits per heavy atom. The van der Waals surface area contributed by atoms with Crippen molar-refractivity contribution in [1.82, 2.24) is 5.32 Å². The zero-order valence-electron chi connectivity index (χ0n) is 8.98. The Balaban J connectivity index is 2.38. The van der Waals surface area contributed by atoms with Crippen molar-refractivity contribution in [2.75, 3.05) is 31.8 Å². The standard InChI is InChI=1S/C9H19NO4S/c1-14-6-8(2-4-11)10-9-3-5-15(12,13)7-9/h8-11H,2-7H2,1H3. The normalized spacial score (nSPS) is 26.7. The van der Waals surface area contributed by atoms with E-state index in [1.807, 2.05) is 0 Å². The van der Waals surface area contributed by atoms with E-state index in [0.717, 1.165) is 0 Å². The quantitative estimate of drug-likeness (QED) is 0.630. The molecule has 5 nitrogen and oxygen atoms in total. The molecule has 0 aromatic heterocycles. The van der Waals surface area contributed by atoms with E-state index in [0.29, 0.717) is 19.4 Å². The summed E-state index contributed by atoms with van der Waals surface area (Å²) < 4.78 is 27.4. The van der Waals surface area contributed by atoms with Gasteiger partial charge in [-0.1, -0.05) is 0 Å². The number of aliphatic hydroxyl groups excluding tert-OH is 1. The third-order valence-corrected chi connectivity index (χ3v) is 4.32. The van der Waals surface area contributed by atoms with E-state index in [1.54, 1.807) is 7.11 Å². The van der Waals surface area contributed by atoms with Crippen LogP contribution in [0.15, 0.2) is 0 Å². The molecule has 1 aliphatic heterocycles. The van der Waals surface area contributed by atoms with Crippen LogP contribution in [-0.2, 0) is 14.6 Å². The zero-order valence-corrected chi connectivity index (χ0v) is 9.79. The van der Waals surface area contributed by atoms with Crippen LogP contribution in [0.5, 0.6) is 0 Å². The number of nitrogens with one attached hydrogen (secondary N) is 1. The van der Waals surface area contributed by atoms with Gasteiger partial charge in [-0.2, -0.15) is 0 Å². The number of ether oxygens (including phenoxy) is 1. The SMILES string of the molecule is COCC(CCO)NC1CCS(=O)(=O)C1. The van der Waals surface area contributed by atoms with Crippen molar-refractivity contribution >= 4 is 9.84 Å². The van der Waals surface area contributed by atoms with Gasteiger partial charge in [0, 0.05) is 25.8 Å². The van der Waals surface area contributed by atoms with Crippen molar-refractivity contribution in [2.24, 2.45) is 0 Å². The molecule has 0 aromatic rings. The maximum Gasteiger partial charge on any atom is 0.151 e. The number of hydrogen-bond donors (Lipinski definition) is 2. The fraction of sp³-hybridized carbons (Fsp3) is 1.00. The molecule has 6 heteroatoms. The second-order valence-corrected chi connectivity index (χ2v) is 6.16. The van der Waals surface area contributed by atoms with Crippen molar-refractivity contribution in [3.8, 4) is 0 Å². The fourth-order valence-electron chi connectivity index (χ4n) is 1.83. The van der Waals surface area contributed by atoms with Crippen molar-refractivity contribution in [1.29, 1.82) is 0 Å². The molecule has 1 rings (SSSR count). The van der Waals surface area contributed by atoms with Gasteiger partial charge in [-0.15, -0.1) is 0 Å². The first-order chi connectivity index (χ1) is 7.07. The minimum atomic E-state index is -2.84. The molecule has 0 radical (unpaired) electrons. The van der Waals surface area contributed by atoms with Gasteiger partial charge in [0.2, 0.25) is 0 Å². The van der Waals surface area contributed by atoms with Crippen molar-refractivity contribution in [3.63, 3.8) is 0 Å². The van der Waals surface area contributed by atoms with Gasteiger partial charge >= 0.3 is 0 Å². The van der Waals surface area contributed by atoms with Gasteiger partial charge < -0.3 is 15.2 Å². The highest BCUT2D eigenvalue weighted by Gasteiger charge is 2.29. The van der Waals surface area contributed by atoms with Crippen LogP contribution in [0.2, 0.25) is 0 Å². The lowest BCUT2D eigenvalue weighted by Crippen LogP contribution is -2.42. The van der Waals surface area contributed by atoms with E-state index < -0.39 is 9.84 Å². The van der Waals surface area contributed by atoms with E-state index in [-0.39, 0.29) is 30.2 Å². The molecule has 15 heavy (non-hydrogen) atoms. The summed E-state index contributed by atoms with van der Waals surface area (Å²) in [5.41, 5.74) is 0. The van der Waals surface area contributed by atoms with Crippen molar-refractivity contribution < 1.29 is 18.3 Å². The van der Waals surface area contributed by atoms with Crippen LogP contribution in [0.3, 0.4) is 0 Å². The number of aliphatic hydroxyl groups is 1. The largest absolute Gasteiger partial charge is 0.396 e. The van der Waals surface area contributed by atoms with Crippen LogP contribution in [0.25, 0.3) is 0 Å². The van der Waals surface area contributed by atoms with Crippen molar-refractivity contribution in [2.45, 2.75) is 24.9 Å². The third-order valence-electron chi connectivity index (χ3n) is 2.55. The van der Waals surface area contributed by atoms with E-state index in [4.69, 9.17) is 9.84 Å². The van der Waals surface area contributed by atoms with Gasteiger partial charge in [0.1, 0.15) is 0 Å². The summed E-state index contributed by atoms with van der Waals surface area (Å²) in [6.07, 6.45) is 1.25. The molecule has 2 atom stereocenters. The molecule has 2 N–H and O–H groups in total. The summed E-state index contributed by atoms with van der Waals surface area (Å²) in [6, 6.07) is 0.0556. The van der Waals surface area contributed by atoms with E-state index in [1.165, 1.54) is 0 Å². The Hall–Kier alpha value is -0.170. The lowest BCUT2D eigenvalue weighted by atomic mass is 10.2. The Labute approximate surface area is 90.7 Å². The summed E-state index contributed by atoms with van der Waals surface area (Å²) in [5.74, 6) is 0.474. The van der Waals surface area contributed by atoms with Gasteiger partial charge in [-0.25, -0.2) is 8.42 Å². The lowest BCUT2D eigenvalue weighted by Gasteiger charge is -2.20.